The summed E-state index contributed by atoms with van der Waals surface area (Å²) in [7, 11) is -2.78. The maximum atomic E-state index is 11.2. The topological polar surface area (TPSA) is 43.4 Å². The van der Waals surface area contributed by atoms with Crippen LogP contribution in [0.15, 0.2) is 0 Å². The first-order chi connectivity index (χ1) is 7.64. The van der Waals surface area contributed by atoms with Crippen molar-refractivity contribution in [2.45, 2.75) is 58.0 Å². The van der Waals surface area contributed by atoms with Gasteiger partial charge in [-0.2, -0.15) is 0 Å². The Kier molecular flexibility index (Phi) is 6.36. The number of sulfone groups is 1. The van der Waals surface area contributed by atoms with Crippen LogP contribution in [-0.2, 0) is 14.6 Å². The van der Waals surface area contributed by atoms with Gasteiger partial charge in [-0.15, -0.1) is 0 Å². The molecule has 0 aromatic heterocycles. The summed E-state index contributed by atoms with van der Waals surface area (Å²) in [5, 5.41) is 0. The molecule has 0 radical (unpaired) electrons. The van der Waals surface area contributed by atoms with Gasteiger partial charge in [-0.05, 0) is 12.8 Å². The molecule has 3 nitrogen and oxygen atoms in total. The van der Waals surface area contributed by atoms with Crippen LogP contribution < -0.4 is 0 Å². The molecule has 0 saturated carbocycles. The quantitative estimate of drug-likeness (QED) is 0.620. The molecule has 0 bridgehead atoms. The summed E-state index contributed by atoms with van der Waals surface area (Å²) >= 11 is 0. The van der Waals surface area contributed by atoms with Gasteiger partial charge in [0.25, 0.3) is 0 Å². The van der Waals surface area contributed by atoms with Crippen molar-refractivity contribution < 1.29 is 13.2 Å². The van der Waals surface area contributed by atoms with Crippen LogP contribution in [0.25, 0.3) is 0 Å². The number of hydrogen-bond donors (Lipinski definition) is 0. The fourth-order valence-electron chi connectivity index (χ4n) is 2.02. The lowest BCUT2D eigenvalue weighted by Crippen LogP contribution is -2.15. The van der Waals surface area contributed by atoms with Gasteiger partial charge in [0.05, 0.1) is 17.6 Å². The summed E-state index contributed by atoms with van der Waals surface area (Å²) in [5.41, 5.74) is 0. The lowest BCUT2D eigenvalue weighted by Gasteiger charge is -2.09. The Morgan fingerprint density at radius 3 is 2.44 bits per heavy atom. The standard InChI is InChI=1S/C12H24O3S/c1-2-3-4-5-6-7-9-15-12-8-10-16(13,14)11-12/h12H,2-11H2,1H3/t12-/m0/s1. The Morgan fingerprint density at radius 2 is 1.81 bits per heavy atom. The molecule has 16 heavy (non-hydrogen) atoms. The zero-order chi connectivity index (χ0) is 11.9. The van der Waals surface area contributed by atoms with Crippen molar-refractivity contribution in [3.05, 3.63) is 0 Å². The summed E-state index contributed by atoms with van der Waals surface area (Å²) in [6, 6.07) is 0. The van der Waals surface area contributed by atoms with Crippen LogP contribution in [0.3, 0.4) is 0 Å². The van der Waals surface area contributed by atoms with Gasteiger partial charge in [-0.1, -0.05) is 39.0 Å². The SMILES string of the molecule is CCCCCCCCO[C@H]1CCS(=O)(=O)C1. The molecule has 0 unspecified atom stereocenters. The first-order valence-corrected chi connectivity index (χ1v) is 8.28. The van der Waals surface area contributed by atoms with Crippen LogP contribution in [0, 0.1) is 0 Å². The third-order valence-corrected chi connectivity index (χ3v) is 4.78. The van der Waals surface area contributed by atoms with E-state index >= 15 is 0 Å². The lowest BCUT2D eigenvalue weighted by molar-refractivity contribution is 0.0680. The minimum absolute atomic E-state index is 0.0272. The molecule has 0 N–H and O–H groups in total. The summed E-state index contributed by atoms with van der Waals surface area (Å²) in [6.07, 6.45) is 8.13. The van der Waals surface area contributed by atoms with Gasteiger partial charge in [0.2, 0.25) is 0 Å². The molecule has 1 saturated heterocycles. The summed E-state index contributed by atoms with van der Waals surface area (Å²) in [6.45, 7) is 2.94. The van der Waals surface area contributed by atoms with Gasteiger partial charge in [-0.25, -0.2) is 8.42 Å². The van der Waals surface area contributed by atoms with E-state index in [1.165, 1.54) is 32.1 Å². The van der Waals surface area contributed by atoms with Crippen molar-refractivity contribution in [2.75, 3.05) is 18.1 Å². The molecular formula is C12H24O3S. The van der Waals surface area contributed by atoms with Gasteiger partial charge in [-0.3, -0.25) is 0 Å². The Morgan fingerprint density at radius 1 is 1.12 bits per heavy atom. The molecule has 4 heteroatoms. The van der Waals surface area contributed by atoms with E-state index in [1.54, 1.807) is 0 Å². The van der Waals surface area contributed by atoms with E-state index in [9.17, 15) is 8.42 Å². The molecule has 1 rings (SSSR count). The highest BCUT2D eigenvalue weighted by Gasteiger charge is 2.28. The second-order valence-corrected chi connectivity index (χ2v) is 6.89. The Bertz CT molecular complexity index is 272. The Balaban J connectivity index is 1.92. The fourth-order valence-corrected chi connectivity index (χ4v) is 3.64. The molecule has 0 aliphatic carbocycles. The van der Waals surface area contributed by atoms with Crippen molar-refractivity contribution in [3.8, 4) is 0 Å². The molecule has 1 aliphatic rings. The van der Waals surface area contributed by atoms with Gasteiger partial charge >= 0.3 is 0 Å². The van der Waals surface area contributed by atoms with Crippen LogP contribution in [-0.4, -0.2) is 32.6 Å². The normalized spacial score (nSPS) is 23.7. The van der Waals surface area contributed by atoms with E-state index in [-0.39, 0.29) is 11.9 Å². The molecule has 0 amide bonds. The van der Waals surface area contributed by atoms with Gasteiger partial charge in [0.1, 0.15) is 0 Å². The lowest BCUT2D eigenvalue weighted by atomic mass is 10.1. The maximum Gasteiger partial charge on any atom is 0.152 e. The maximum absolute atomic E-state index is 11.2. The molecule has 1 aliphatic heterocycles. The molecule has 0 spiro atoms. The van der Waals surface area contributed by atoms with Gasteiger partial charge in [0.15, 0.2) is 9.84 Å². The number of rotatable bonds is 8. The van der Waals surface area contributed by atoms with Gasteiger partial charge < -0.3 is 4.74 Å². The Hall–Kier alpha value is -0.0900. The van der Waals surface area contributed by atoms with Crippen LogP contribution >= 0.6 is 0 Å². The van der Waals surface area contributed by atoms with E-state index in [0.29, 0.717) is 12.2 Å². The second-order valence-electron chi connectivity index (χ2n) is 4.66. The molecule has 1 heterocycles. The summed E-state index contributed by atoms with van der Waals surface area (Å²) in [5.74, 6) is 0.553. The molecule has 96 valence electrons. The molecule has 0 aromatic carbocycles. The van der Waals surface area contributed by atoms with Crippen molar-refractivity contribution in [1.82, 2.24) is 0 Å². The van der Waals surface area contributed by atoms with Gasteiger partial charge in [0, 0.05) is 6.61 Å². The average Bonchev–Trinajstić information content (AvgIpc) is 2.57. The zero-order valence-corrected chi connectivity index (χ0v) is 11.1. The summed E-state index contributed by atoms with van der Waals surface area (Å²) < 4.78 is 27.9. The van der Waals surface area contributed by atoms with E-state index in [0.717, 1.165) is 13.0 Å². The van der Waals surface area contributed by atoms with E-state index in [1.807, 2.05) is 0 Å². The highest BCUT2D eigenvalue weighted by Crippen LogP contribution is 2.15. The number of unbranched alkanes of at least 4 members (excludes halogenated alkanes) is 5. The van der Waals surface area contributed by atoms with E-state index in [2.05, 4.69) is 6.92 Å². The van der Waals surface area contributed by atoms with E-state index in [4.69, 9.17) is 4.74 Å². The van der Waals surface area contributed by atoms with Crippen molar-refractivity contribution in [1.29, 1.82) is 0 Å². The predicted octanol–water partition coefficient (Wildman–Crippen LogP) is 2.55. The average molecular weight is 248 g/mol. The number of hydrogen-bond acceptors (Lipinski definition) is 3. The predicted molar refractivity (Wildman–Crippen MR) is 66.4 cm³/mol. The van der Waals surface area contributed by atoms with Crippen LogP contribution in [0.2, 0.25) is 0 Å². The first kappa shape index (κ1) is 14.0. The van der Waals surface area contributed by atoms with Crippen LogP contribution in [0.5, 0.6) is 0 Å². The summed E-state index contributed by atoms with van der Waals surface area (Å²) in [4.78, 5) is 0. The molecule has 0 aromatic rings. The third kappa shape index (κ3) is 5.85. The van der Waals surface area contributed by atoms with Crippen molar-refractivity contribution in [3.63, 3.8) is 0 Å². The minimum Gasteiger partial charge on any atom is -0.377 e. The minimum atomic E-state index is -2.78. The number of ether oxygens (including phenoxy) is 1. The van der Waals surface area contributed by atoms with Crippen LogP contribution in [0.1, 0.15) is 51.9 Å². The monoisotopic (exact) mass is 248 g/mol. The zero-order valence-electron chi connectivity index (χ0n) is 10.3. The molecule has 1 fully saturated rings. The first-order valence-electron chi connectivity index (χ1n) is 6.46. The van der Waals surface area contributed by atoms with Crippen LogP contribution in [0.4, 0.5) is 0 Å². The largest absolute Gasteiger partial charge is 0.377 e. The smallest absolute Gasteiger partial charge is 0.152 e. The molecule has 1 atom stereocenters. The highest BCUT2D eigenvalue weighted by atomic mass is 32.2. The van der Waals surface area contributed by atoms with E-state index < -0.39 is 9.84 Å². The van der Waals surface area contributed by atoms with Crippen molar-refractivity contribution >= 4 is 9.84 Å². The third-order valence-electron chi connectivity index (χ3n) is 3.04. The van der Waals surface area contributed by atoms with Crippen molar-refractivity contribution in [2.24, 2.45) is 0 Å². The Labute approximate surface area is 99.5 Å². The highest BCUT2D eigenvalue weighted by molar-refractivity contribution is 7.91. The molecular weight excluding hydrogens is 224 g/mol. The second kappa shape index (κ2) is 7.28. The fraction of sp³-hybridized carbons (Fsp3) is 1.00.